The van der Waals surface area contributed by atoms with Crippen LogP contribution in [0, 0.1) is 0 Å². The van der Waals surface area contributed by atoms with Crippen molar-refractivity contribution in [2.24, 2.45) is 10.2 Å². The van der Waals surface area contributed by atoms with Crippen molar-refractivity contribution in [3.05, 3.63) is 34.9 Å². The Morgan fingerprint density at radius 2 is 2.25 bits per heavy atom. The van der Waals surface area contributed by atoms with Crippen molar-refractivity contribution >= 4 is 18.3 Å². The SMILES string of the molecule is C=N/N=C(\CCc1ccc2c(c1)C(=O)N(C)C2)C(F)F. The molecule has 20 heavy (non-hydrogen) atoms. The normalized spacial score (nSPS) is 14.9. The van der Waals surface area contributed by atoms with E-state index in [1.54, 1.807) is 18.0 Å². The number of carbonyl (C=O) groups excluding carboxylic acids is 1. The maximum atomic E-state index is 12.6. The van der Waals surface area contributed by atoms with Crippen LogP contribution in [-0.2, 0) is 13.0 Å². The number of amides is 1. The Bertz CT molecular complexity index is 570. The summed E-state index contributed by atoms with van der Waals surface area (Å²) < 4.78 is 25.3. The molecule has 0 bridgehead atoms. The van der Waals surface area contributed by atoms with Crippen LogP contribution in [0.5, 0.6) is 0 Å². The lowest BCUT2D eigenvalue weighted by atomic mass is 10.0. The van der Waals surface area contributed by atoms with Crippen LogP contribution in [0.2, 0.25) is 0 Å². The number of nitrogens with zero attached hydrogens (tertiary/aromatic N) is 3. The van der Waals surface area contributed by atoms with Gasteiger partial charge < -0.3 is 4.90 Å². The molecule has 0 unspecified atom stereocenters. The molecule has 1 aliphatic rings. The average molecular weight is 279 g/mol. The minimum atomic E-state index is -2.64. The zero-order valence-corrected chi connectivity index (χ0v) is 11.1. The quantitative estimate of drug-likeness (QED) is 0.603. The first kappa shape index (κ1) is 14.3. The zero-order valence-electron chi connectivity index (χ0n) is 11.1. The van der Waals surface area contributed by atoms with E-state index in [2.05, 4.69) is 16.9 Å². The van der Waals surface area contributed by atoms with E-state index >= 15 is 0 Å². The van der Waals surface area contributed by atoms with E-state index in [1.165, 1.54) is 0 Å². The number of hydrogen-bond acceptors (Lipinski definition) is 3. The van der Waals surface area contributed by atoms with Gasteiger partial charge in [-0.3, -0.25) is 4.79 Å². The summed E-state index contributed by atoms with van der Waals surface area (Å²) in [5.74, 6) is -0.0302. The predicted octanol–water partition coefficient (Wildman–Crippen LogP) is 2.53. The summed E-state index contributed by atoms with van der Waals surface area (Å²) >= 11 is 0. The highest BCUT2D eigenvalue weighted by Gasteiger charge is 2.24. The molecular formula is C14H15F2N3O. The van der Waals surface area contributed by atoms with Crippen LogP contribution in [0.15, 0.2) is 28.4 Å². The molecular weight excluding hydrogens is 264 g/mol. The van der Waals surface area contributed by atoms with E-state index in [-0.39, 0.29) is 18.0 Å². The molecule has 0 aromatic heterocycles. The number of carbonyl (C=O) groups is 1. The van der Waals surface area contributed by atoms with E-state index in [0.717, 1.165) is 11.1 Å². The molecule has 1 heterocycles. The van der Waals surface area contributed by atoms with Gasteiger partial charge in [0.15, 0.2) is 0 Å². The monoisotopic (exact) mass is 279 g/mol. The Morgan fingerprint density at radius 1 is 1.50 bits per heavy atom. The van der Waals surface area contributed by atoms with Gasteiger partial charge in [0.25, 0.3) is 12.3 Å². The highest BCUT2D eigenvalue weighted by molar-refractivity contribution is 5.98. The second kappa shape index (κ2) is 5.90. The molecule has 2 rings (SSSR count). The summed E-state index contributed by atoms with van der Waals surface area (Å²) in [6.45, 7) is 3.68. The van der Waals surface area contributed by atoms with Gasteiger partial charge in [0.1, 0.15) is 5.71 Å². The van der Waals surface area contributed by atoms with Gasteiger partial charge >= 0.3 is 0 Å². The first-order chi connectivity index (χ1) is 9.52. The summed E-state index contributed by atoms with van der Waals surface area (Å²) in [6, 6.07) is 5.50. The van der Waals surface area contributed by atoms with Gasteiger partial charge in [-0.15, -0.1) is 0 Å². The fraction of sp³-hybridized carbons (Fsp3) is 0.357. The number of rotatable bonds is 5. The Kier molecular flexibility index (Phi) is 4.22. The number of benzene rings is 1. The highest BCUT2D eigenvalue weighted by atomic mass is 19.3. The molecule has 0 radical (unpaired) electrons. The zero-order chi connectivity index (χ0) is 14.7. The minimum Gasteiger partial charge on any atom is -0.337 e. The van der Waals surface area contributed by atoms with Gasteiger partial charge in [-0.05, 0) is 30.0 Å². The summed E-state index contributed by atoms with van der Waals surface area (Å²) in [7, 11) is 1.74. The van der Waals surface area contributed by atoms with Gasteiger partial charge in [-0.1, -0.05) is 12.1 Å². The smallest absolute Gasteiger partial charge is 0.278 e. The first-order valence-corrected chi connectivity index (χ1v) is 6.20. The number of alkyl halides is 2. The molecule has 0 spiro atoms. The van der Waals surface area contributed by atoms with Crippen LogP contribution in [0.3, 0.4) is 0 Å². The topological polar surface area (TPSA) is 45.0 Å². The summed E-state index contributed by atoms with van der Waals surface area (Å²) in [5, 5.41) is 6.49. The van der Waals surface area contributed by atoms with Crippen molar-refractivity contribution in [1.29, 1.82) is 0 Å². The summed E-state index contributed by atoms with van der Waals surface area (Å²) in [4.78, 5) is 13.5. The van der Waals surface area contributed by atoms with Crippen LogP contribution in [0.1, 0.15) is 27.9 Å². The Labute approximate surface area is 115 Å². The molecule has 1 aromatic rings. The number of halogens is 2. The van der Waals surface area contributed by atoms with E-state index < -0.39 is 6.43 Å². The molecule has 1 aromatic carbocycles. The summed E-state index contributed by atoms with van der Waals surface area (Å²) in [5.41, 5.74) is 2.17. The van der Waals surface area contributed by atoms with Gasteiger partial charge in [-0.2, -0.15) is 10.2 Å². The highest BCUT2D eigenvalue weighted by Crippen LogP contribution is 2.23. The van der Waals surface area contributed by atoms with Crippen LogP contribution in [0.4, 0.5) is 8.78 Å². The van der Waals surface area contributed by atoms with Gasteiger partial charge in [0.05, 0.1) is 0 Å². The summed E-state index contributed by atoms with van der Waals surface area (Å²) in [6.07, 6.45) is -2.15. The molecule has 0 fully saturated rings. The van der Waals surface area contributed by atoms with E-state index in [1.807, 2.05) is 12.1 Å². The molecule has 0 N–H and O–H groups in total. The average Bonchev–Trinajstić information content (AvgIpc) is 2.70. The minimum absolute atomic E-state index is 0.0302. The Balaban J connectivity index is 2.11. The van der Waals surface area contributed by atoms with Gasteiger partial charge in [-0.25, -0.2) is 8.78 Å². The van der Waals surface area contributed by atoms with Crippen LogP contribution in [-0.4, -0.2) is 36.7 Å². The standard InChI is InChI=1S/C14H15F2N3O/c1-17-18-12(13(15)16)6-4-9-3-5-10-8-19(2)14(20)11(10)7-9/h3,5,7,13H,1,4,6,8H2,2H3/b18-12+. The second-order valence-corrected chi connectivity index (χ2v) is 4.69. The lowest BCUT2D eigenvalue weighted by Crippen LogP contribution is -2.17. The molecule has 0 aliphatic carbocycles. The largest absolute Gasteiger partial charge is 0.337 e. The van der Waals surface area contributed by atoms with Crippen LogP contribution >= 0.6 is 0 Å². The van der Waals surface area contributed by atoms with Crippen molar-refractivity contribution in [3.63, 3.8) is 0 Å². The maximum absolute atomic E-state index is 12.6. The molecule has 6 heteroatoms. The Morgan fingerprint density at radius 3 is 2.90 bits per heavy atom. The second-order valence-electron chi connectivity index (χ2n) is 4.69. The molecule has 106 valence electrons. The van der Waals surface area contributed by atoms with Crippen LogP contribution < -0.4 is 0 Å². The molecule has 0 atom stereocenters. The van der Waals surface area contributed by atoms with Crippen LogP contribution in [0.25, 0.3) is 0 Å². The first-order valence-electron chi connectivity index (χ1n) is 6.20. The maximum Gasteiger partial charge on any atom is 0.278 e. The molecule has 0 saturated heterocycles. The third-order valence-corrected chi connectivity index (χ3v) is 3.28. The van der Waals surface area contributed by atoms with E-state index in [4.69, 9.17) is 0 Å². The van der Waals surface area contributed by atoms with Crippen molar-refractivity contribution < 1.29 is 13.6 Å². The third kappa shape index (κ3) is 2.89. The van der Waals surface area contributed by atoms with E-state index in [9.17, 15) is 13.6 Å². The fourth-order valence-electron chi connectivity index (χ4n) is 2.22. The van der Waals surface area contributed by atoms with Gasteiger partial charge in [0, 0.05) is 25.9 Å². The molecule has 1 aliphatic heterocycles. The Hall–Kier alpha value is -2.11. The van der Waals surface area contributed by atoms with E-state index in [0.29, 0.717) is 18.5 Å². The van der Waals surface area contributed by atoms with Crippen molar-refractivity contribution in [2.45, 2.75) is 25.8 Å². The lowest BCUT2D eigenvalue weighted by Gasteiger charge is -2.05. The van der Waals surface area contributed by atoms with Gasteiger partial charge in [0.2, 0.25) is 0 Å². The van der Waals surface area contributed by atoms with Crippen molar-refractivity contribution in [1.82, 2.24) is 4.90 Å². The predicted molar refractivity (Wildman–Crippen MR) is 73.5 cm³/mol. The third-order valence-electron chi connectivity index (χ3n) is 3.28. The number of hydrogen-bond donors (Lipinski definition) is 0. The van der Waals surface area contributed by atoms with Crippen molar-refractivity contribution in [2.75, 3.05) is 7.05 Å². The number of aryl methyl sites for hydroxylation is 1. The van der Waals surface area contributed by atoms with Crippen molar-refractivity contribution in [3.8, 4) is 0 Å². The molecule has 4 nitrogen and oxygen atoms in total. The molecule has 1 amide bonds. The fourth-order valence-corrected chi connectivity index (χ4v) is 2.22. The number of fused-ring (bicyclic) bond motifs is 1. The molecule has 0 saturated carbocycles. The lowest BCUT2D eigenvalue weighted by molar-refractivity contribution is 0.0816.